The second-order valence-corrected chi connectivity index (χ2v) is 4.34. The number of halogens is 1. The van der Waals surface area contributed by atoms with Crippen molar-refractivity contribution >= 4 is 29.1 Å². The number of Topliss-reactive ketones (excluding diaryl/α,β-unsaturated/α-hetero) is 1. The first-order valence-electron chi connectivity index (χ1n) is 4.47. The lowest BCUT2D eigenvalue weighted by molar-refractivity contribution is -0.116. The van der Waals surface area contributed by atoms with Crippen molar-refractivity contribution in [2.45, 2.75) is 17.2 Å². The predicted octanol–water partition coefficient (Wildman–Crippen LogP) is 3.29. The predicted molar refractivity (Wildman–Crippen MR) is 64.1 cm³/mol. The molecule has 4 heteroatoms. The fraction of sp³-hybridized carbons (Fsp3) is 0.364. The number of hydrogen-bond donors (Lipinski definition) is 0. The van der Waals surface area contributed by atoms with Crippen LogP contribution in [0.4, 0.5) is 0 Å². The summed E-state index contributed by atoms with van der Waals surface area (Å²) in [7, 11) is 1.59. The van der Waals surface area contributed by atoms with Crippen LogP contribution in [0.1, 0.15) is 17.9 Å². The molecule has 0 aliphatic heterocycles. The van der Waals surface area contributed by atoms with Gasteiger partial charge in [-0.05, 0) is 19.2 Å². The van der Waals surface area contributed by atoms with Gasteiger partial charge < -0.3 is 4.74 Å². The zero-order valence-corrected chi connectivity index (χ0v) is 10.5. The molecule has 0 heterocycles. The molecule has 0 N–H and O–H groups in total. The maximum Gasteiger partial charge on any atom is 0.152 e. The molecule has 0 amide bonds. The fourth-order valence-corrected chi connectivity index (χ4v) is 2.10. The van der Waals surface area contributed by atoms with Gasteiger partial charge in [-0.15, -0.1) is 23.4 Å². The Morgan fingerprint density at radius 1 is 1.53 bits per heavy atom. The van der Waals surface area contributed by atoms with Crippen molar-refractivity contribution < 1.29 is 9.53 Å². The Morgan fingerprint density at radius 2 is 2.20 bits per heavy atom. The Kier molecular flexibility index (Phi) is 4.48. The largest absolute Gasteiger partial charge is 0.495 e. The first-order valence-corrected chi connectivity index (χ1v) is 6.13. The molecular weight excluding hydrogens is 232 g/mol. The molecule has 1 atom stereocenters. The normalized spacial score (nSPS) is 12.3. The Hall–Kier alpha value is -0.670. The van der Waals surface area contributed by atoms with E-state index in [1.165, 1.54) is 6.92 Å². The standard InChI is InChI=1S/C11H13ClO2S/c1-7(13)10(12)8-5-4-6-9(15-3)11(8)14-2/h4-6,10H,1-3H3. The highest BCUT2D eigenvalue weighted by Gasteiger charge is 2.19. The third-order valence-electron chi connectivity index (χ3n) is 2.06. The highest BCUT2D eigenvalue weighted by Crippen LogP contribution is 2.37. The molecule has 0 fully saturated rings. The van der Waals surface area contributed by atoms with Gasteiger partial charge in [0.2, 0.25) is 0 Å². The second-order valence-electron chi connectivity index (χ2n) is 3.06. The topological polar surface area (TPSA) is 26.3 Å². The van der Waals surface area contributed by atoms with E-state index in [-0.39, 0.29) is 5.78 Å². The molecule has 0 aromatic heterocycles. The van der Waals surface area contributed by atoms with Gasteiger partial charge in [0.25, 0.3) is 0 Å². The van der Waals surface area contributed by atoms with Gasteiger partial charge in [-0.3, -0.25) is 4.79 Å². The Labute approximate surface area is 99.0 Å². The highest BCUT2D eigenvalue weighted by atomic mass is 35.5. The lowest BCUT2D eigenvalue weighted by Crippen LogP contribution is -2.04. The fourth-order valence-electron chi connectivity index (χ4n) is 1.33. The number of para-hydroxylation sites is 1. The summed E-state index contributed by atoms with van der Waals surface area (Å²) in [5.41, 5.74) is 0.735. The number of carbonyl (C=O) groups excluding carboxylic acids is 1. The molecule has 1 unspecified atom stereocenters. The SMILES string of the molecule is COc1c(SC)cccc1C(Cl)C(C)=O. The number of ketones is 1. The molecule has 1 aromatic rings. The van der Waals surface area contributed by atoms with E-state index in [0.29, 0.717) is 5.75 Å². The van der Waals surface area contributed by atoms with Crippen molar-refractivity contribution in [3.05, 3.63) is 23.8 Å². The van der Waals surface area contributed by atoms with E-state index in [4.69, 9.17) is 16.3 Å². The van der Waals surface area contributed by atoms with E-state index in [1.54, 1.807) is 18.9 Å². The summed E-state index contributed by atoms with van der Waals surface area (Å²) < 4.78 is 5.28. The van der Waals surface area contributed by atoms with Crippen LogP contribution in [0.5, 0.6) is 5.75 Å². The van der Waals surface area contributed by atoms with Crippen molar-refractivity contribution in [3.8, 4) is 5.75 Å². The van der Waals surface area contributed by atoms with Gasteiger partial charge in [-0.2, -0.15) is 0 Å². The lowest BCUT2D eigenvalue weighted by Gasteiger charge is -2.14. The summed E-state index contributed by atoms with van der Waals surface area (Å²) in [4.78, 5) is 12.2. The number of carbonyl (C=O) groups is 1. The maximum absolute atomic E-state index is 11.2. The summed E-state index contributed by atoms with van der Waals surface area (Å²) in [6.07, 6.45) is 1.96. The average molecular weight is 245 g/mol. The van der Waals surface area contributed by atoms with Crippen LogP contribution >= 0.6 is 23.4 Å². The molecule has 1 rings (SSSR count). The van der Waals surface area contributed by atoms with Crippen LogP contribution in [0.15, 0.2) is 23.1 Å². The molecule has 0 aliphatic rings. The van der Waals surface area contributed by atoms with Crippen molar-refractivity contribution in [1.82, 2.24) is 0 Å². The van der Waals surface area contributed by atoms with E-state index in [1.807, 2.05) is 24.5 Å². The second kappa shape index (κ2) is 5.42. The summed E-state index contributed by atoms with van der Waals surface area (Å²) in [5.74, 6) is 0.619. The van der Waals surface area contributed by atoms with Crippen molar-refractivity contribution in [2.75, 3.05) is 13.4 Å². The van der Waals surface area contributed by atoms with Gasteiger partial charge in [0.1, 0.15) is 11.1 Å². The van der Waals surface area contributed by atoms with Gasteiger partial charge in [0, 0.05) is 10.5 Å². The molecular formula is C11H13ClO2S. The molecule has 15 heavy (non-hydrogen) atoms. The molecule has 2 nitrogen and oxygen atoms in total. The first kappa shape index (κ1) is 12.4. The molecule has 0 spiro atoms. The van der Waals surface area contributed by atoms with E-state index < -0.39 is 5.38 Å². The van der Waals surface area contributed by atoms with Crippen LogP contribution < -0.4 is 4.74 Å². The third-order valence-corrected chi connectivity index (χ3v) is 3.37. The molecule has 0 radical (unpaired) electrons. The van der Waals surface area contributed by atoms with Crippen LogP contribution in [-0.4, -0.2) is 19.1 Å². The van der Waals surface area contributed by atoms with E-state index >= 15 is 0 Å². The lowest BCUT2D eigenvalue weighted by atomic mass is 10.1. The minimum atomic E-state index is -0.632. The zero-order chi connectivity index (χ0) is 11.4. The smallest absolute Gasteiger partial charge is 0.152 e. The molecule has 0 bridgehead atoms. The van der Waals surface area contributed by atoms with Crippen LogP contribution in [0.2, 0.25) is 0 Å². The van der Waals surface area contributed by atoms with E-state index in [2.05, 4.69) is 0 Å². The van der Waals surface area contributed by atoms with Gasteiger partial charge in [0.05, 0.1) is 7.11 Å². The van der Waals surface area contributed by atoms with Crippen molar-refractivity contribution in [2.24, 2.45) is 0 Å². The van der Waals surface area contributed by atoms with Crippen LogP contribution in [-0.2, 0) is 4.79 Å². The van der Waals surface area contributed by atoms with Gasteiger partial charge >= 0.3 is 0 Å². The Balaban J connectivity index is 3.22. The van der Waals surface area contributed by atoms with Gasteiger partial charge in [0.15, 0.2) is 5.78 Å². The minimum absolute atomic E-state index is 0.0757. The molecule has 0 saturated carbocycles. The number of hydrogen-bond acceptors (Lipinski definition) is 3. The van der Waals surface area contributed by atoms with E-state index in [0.717, 1.165) is 10.5 Å². The Bertz CT molecular complexity index is 366. The van der Waals surface area contributed by atoms with Crippen LogP contribution in [0, 0.1) is 0 Å². The summed E-state index contributed by atoms with van der Waals surface area (Å²) >= 11 is 7.58. The van der Waals surface area contributed by atoms with Crippen LogP contribution in [0.25, 0.3) is 0 Å². The minimum Gasteiger partial charge on any atom is -0.495 e. The summed E-state index contributed by atoms with van der Waals surface area (Å²) in [6.45, 7) is 1.48. The maximum atomic E-state index is 11.2. The molecule has 0 saturated heterocycles. The van der Waals surface area contributed by atoms with E-state index in [9.17, 15) is 4.79 Å². The average Bonchev–Trinajstić information content (AvgIpc) is 2.26. The highest BCUT2D eigenvalue weighted by molar-refractivity contribution is 7.98. The van der Waals surface area contributed by atoms with Crippen molar-refractivity contribution in [3.63, 3.8) is 0 Å². The molecule has 1 aromatic carbocycles. The first-order chi connectivity index (χ1) is 7.11. The quantitative estimate of drug-likeness (QED) is 0.601. The van der Waals surface area contributed by atoms with Crippen LogP contribution in [0.3, 0.4) is 0 Å². The summed E-state index contributed by atoms with van der Waals surface area (Å²) in [5, 5.41) is -0.632. The third kappa shape index (κ3) is 2.67. The molecule has 82 valence electrons. The van der Waals surface area contributed by atoms with Crippen molar-refractivity contribution in [1.29, 1.82) is 0 Å². The number of thioether (sulfide) groups is 1. The number of rotatable bonds is 4. The zero-order valence-electron chi connectivity index (χ0n) is 8.91. The van der Waals surface area contributed by atoms with Gasteiger partial charge in [-0.25, -0.2) is 0 Å². The summed E-state index contributed by atoms with van der Waals surface area (Å²) in [6, 6.07) is 5.64. The number of benzene rings is 1. The number of methoxy groups -OCH3 is 1. The Morgan fingerprint density at radius 3 is 2.67 bits per heavy atom. The number of ether oxygens (including phenoxy) is 1. The molecule has 0 aliphatic carbocycles. The monoisotopic (exact) mass is 244 g/mol. The van der Waals surface area contributed by atoms with Gasteiger partial charge in [-0.1, -0.05) is 12.1 Å². The number of alkyl halides is 1.